The first-order valence-electron chi connectivity index (χ1n) is 15.0. The number of phenolic OH excluding ortho intramolecular Hbond substituents is 1. The molecule has 2 aliphatic carbocycles. The number of allylic oxidation sites excluding steroid dienone is 1. The summed E-state index contributed by atoms with van der Waals surface area (Å²) >= 11 is 0. The normalized spacial score (nSPS) is 26.3. The lowest BCUT2D eigenvalue weighted by Crippen LogP contribution is -2.57. The van der Waals surface area contributed by atoms with E-state index in [-0.39, 0.29) is 11.2 Å². The van der Waals surface area contributed by atoms with Crippen LogP contribution in [0.5, 0.6) is 23.0 Å². The third kappa shape index (κ3) is 4.67. The summed E-state index contributed by atoms with van der Waals surface area (Å²) in [7, 11) is 1.74. The van der Waals surface area contributed by atoms with Crippen LogP contribution in [-0.4, -0.2) is 32.2 Å². The van der Waals surface area contributed by atoms with Gasteiger partial charge in [-0.05, 0) is 75.5 Å². The van der Waals surface area contributed by atoms with E-state index in [9.17, 15) is 5.11 Å². The Hall–Kier alpha value is -2.79. The van der Waals surface area contributed by atoms with Gasteiger partial charge in [0.25, 0.3) is 6.79 Å². The third-order valence-corrected chi connectivity index (χ3v) is 9.95. The molecular formula is C34H43O5+. The predicted octanol–water partition coefficient (Wildman–Crippen LogP) is 7.83. The summed E-state index contributed by atoms with van der Waals surface area (Å²) in [4.78, 5) is 0. The van der Waals surface area contributed by atoms with Gasteiger partial charge in [-0.15, -0.1) is 0 Å². The summed E-state index contributed by atoms with van der Waals surface area (Å²) < 4.78 is 24.6. The number of hydrogen-bond acceptors (Lipinski definition) is 4. The van der Waals surface area contributed by atoms with Crippen molar-refractivity contribution in [2.75, 3.05) is 20.3 Å². The van der Waals surface area contributed by atoms with E-state index >= 15 is 0 Å². The van der Waals surface area contributed by atoms with Gasteiger partial charge in [0.2, 0.25) is 0 Å². The van der Waals surface area contributed by atoms with E-state index in [1.165, 1.54) is 55.2 Å². The number of fused-ring (bicyclic) bond motifs is 4. The molecule has 39 heavy (non-hydrogen) atoms. The molecule has 5 heteroatoms. The van der Waals surface area contributed by atoms with Crippen molar-refractivity contribution in [3.8, 4) is 23.0 Å². The fourth-order valence-electron chi connectivity index (χ4n) is 8.30. The Morgan fingerprint density at radius 1 is 1.00 bits per heavy atom. The zero-order valence-corrected chi connectivity index (χ0v) is 23.4. The van der Waals surface area contributed by atoms with Crippen molar-refractivity contribution in [2.24, 2.45) is 5.92 Å². The van der Waals surface area contributed by atoms with Gasteiger partial charge in [-0.3, -0.25) is 0 Å². The van der Waals surface area contributed by atoms with Crippen molar-refractivity contribution >= 4 is 6.79 Å². The minimum Gasteiger partial charge on any atom is -0.508 e. The summed E-state index contributed by atoms with van der Waals surface area (Å²) in [6, 6.07) is 10.2. The molecule has 2 unspecified atom stereocenters. The molecular weight excluding hydrogens is 488 g/mol. The molecule has 2 aromatic rings. The van der Waals surface area contributed by atoms with Crippen LogP contribution >= 0.6 is 0 Å². The van der Waals surface area contributed by atoms with Crippen LogP contribution in [0.25, 0.3) is 0 Å². The maximum atomic E-state index is 10.5. The minimum absolute atomic E-state index is 0.0422. The van der Waals surface area contributed by atoms with Gasteiger partial charge in [-0.2, -0.15) is 0 Å². The second-order valence-corrected chi connectivity index (χ2v) is 12.0. The molecule has 0 aromatic heterocycles. The maximum absolute atomic E-state index is 10.5. The van der Waals surface area contributed by atoms with Gasteiger partial charge in [-0.1, -0.05) is 43.4 Å². The first kappa shape index (κ1) is 26.4. The van der Waals surface area contributed by atoms with Crippen LogP contribution in [0.1, 0.15) is 93.7 Å². The summed E-state index contributed by atoms with van der Waals surface area (Å²) in [5, 5.41) is 10.5. The van der Waals surface area contributed by atoms with Crippen molar-refractivity contribution in [1.82, 2.24) is 0 Å². The van der Waals surface area contributed by atoms with E-state index in [0.29, 0.717) is 5.92 Å². The summed E-state index contributed by atoms with van der Waals surface area (Å²) in [5.41, 5.74) is 4.49. The molecule has 2 aromatic carbocycles. The minimum atomic E-state index is -0.534. The van der Waals surface area contributed by atoms with Gasteiger partial charge in [0, 0.05) is 29.6 Å². The van der Waals surface area contributed by atoms with E-state index in [1.807, 2.05) is 18.2 Å². The smallest absolute Gasteiger partial charge is 0.362 e. The van der Waals surface area contributed by atoms with Crippen LogP contribution in [-0.2, 0) is 26.6 Å². The highest BCUT2D eigenvalue weighted by Crippen LogP contribution is 2.64. The number of carbonyl (C=O) groups excluding carboxylic acids is 1. The van der Waals surface area contributed by atoms with Gasteiger partial charge < -0.3 is 19.3 Å². The molecule has 5 nitrogen and oxygen atoms in total. The van der Waals surface area contributed by atoms with Crippen LogP contribution in [0.3, 0.4) is 0 Å². The number of methoxy groups -OCH3 is 1. The average Bonchev–Trinajstić information content (AvgIpc) is 2.94. The van der Waals surface area contributed by atoms with Gasteiger partial charge in [-0.25, -0.2) is 4.42 Å². The van der Waals surface area contributed by atoms with E-state index in [1.54, 1.807) is 7.11 Å². The third-order valence-electron chi connectivity index (χ3n) is 9.95. The highest BCUT2D eigenvalue weighted by atomic mass is 16.5. The topological polar surface area (TPSA) is 59.2 Å². The molecule has 208 valence electrons. The Morgan fingerprint density at radius 2 is 1.85 bits per heavy atom. The fraction of sp³-hybridized carbons (Fsp3) is 0.559. The second kappa shape index (κ2) is 11.0. The maximum Gasteiger partial charge on any atom is 0.362 e. The molecule has 2 atom stereocenters. The molecule has 0 bridgehead atoms. The van der Waals surface area contributed by atoms with Crippen LogP contribution in [0, 0.1) is 5.92 Å². The first-order valence-corrected chi connectivity index (χ1v) is 15.0. The summed E-state index contributed by atoms with van der Waals surface area (Å²) in [6.07, 6.45) is 16.7. The number of rotatable bonds is 5. The van der Waals surface area contributed by atoms with Crippen LogP contribution in [0.4, 0.5) is 0 Å². The van der Waals surface area contributed by atoms with E-state index < -0.39 is 5.60 Å². The van der Waals surface area contributed by atoms with Crippen LogP contribution < -0.4 is 9.47 Å². The molecule has 4 aliphatic rings. The molecule has 1 N–H and O–H groups in total. The largest absolute Gasteiger partial charge is 0.508 e. The molecule has 6 rings (SSSR count). The molecule has 2 fully saturated rings. The number of hydrogen-bond donors (Lipinski definition) is 1. The summed E-state index contributed by atoms with van der Waals surface area (Å²) in [6.45, 7) is 5.48. The average molecular weight is 532 g/mol. The molecule has 0 saturated heterocycles. The Labute approximate surface area is 232 Å². The van der Waals surface area contributed by atoms with Gasteiger partial charge >= 0.3 is 5.75 Å². The predicted molar refractivity (Wildman–Crippen MR) is 153 cm³/mol. The van der Waals surface area contributed by atoms with Gasteiger partial charge in [0.15, 0.2) is 0 Å². The number of ether oxygens (including phenoxy) is 3. The van der Waals surface area contributed by atoms with Crippen LogP contribution in [0.15, 0.2) is 42.0 Å². The standard InChI is InChI=1S/C34H42O5/c1-36-29-23-30(37-2)28(21-25(29)20-24-10-8-18-38-19-9-11-24)34-17-7-4-12-32(34)33(15-5-3-6-16-33)27-14-13-26(35)22-31(27)39-34/h10,13-14,21-23,32H,2-9,11-12,15-20H2,1H3/p+1. The van der Waals surface area contributed by atoms with Gasteiger partial charge in [0.1, 0.15) is 28.4 Å². The molecule has 0 radical (unpaired) electrons. The highest BCUT2D eigenvalue weighted by molar-refractivity contribution is 5.55. The lowest BCUT2D eigenvalue weighted by Gasteiger charge is -2.58. The Balaban J connectivity index is 1.52. The SMILES string of the molecule is C=[O+]c1cc(OC)c(CC2=CCCOCCC2)cc1C12CCCCC1C1(CCCCC1)c1ccc(O)cc1O2. The highest BCUT2D eigenvalue weighted by Gasteiger charge is 2.60. The zero-order chi connectivity index (χ0) is 26.9. The lowest BCUT2D eigenvalue weighted by molar-refractivity contribution is -0.357. The number of aromatic hydroxyl groups is 1. The summed E-state index contributed by atoms with van der Waals surface area (Å²) in [5.74, 6) is 3.00. The van der Waals surface area contributed by atoms with Crippen molar-refractivity contribution in [3.05, 3.63) is 58.7 Å². The van der Waals surface area contributed by atoms with Crippen molar-refractivity contribution in [3.63, 3.8) is 0 Å². The monoisotopic (exact) mass is 531 g/mol. The Bertz CT molecular complexity index is 1240. The molecule has 2 heterocycles. The van der Waals surface area contributed by atoms with Crippen molar-refractivity contribution < 1.29 is 23.7 Å². The van der Waals surface area contributed by atoms with E-state index in [0.717, 1.165) is 81.0 Å². The molecule has 2 aliphatic heterocycles. The molecule has 1 spiro atoms. The second-order valence-electron chi connectivity index (χ2n) is 12.0. The molecule has 0 amide bonds. The van der Waals surface area contributed by atoms with Crippen molar-refractivity contribution in [1.29, 1.82) is 0 Å². The molecule has 2 saturated carbocycles. The Morgan fingerprint density at radius 3 is 2.67 bits per heavy atom. The first-order chi connectivity index (χ1) is 19.1. The number of benzene rings is 2. The quantitative estimate of drug-likeness (QED) is 0.316. The number of phenols is 1. The van der Waals surface area contributed by atoms with E-state index in [2.05, 4.69) is 25.0 Å². The van der Waals surface area contributed by atoms with E-state index in [4.69, 9.17) is 18.6 Å². The van der Waals surface area contributed by atoms with Crippen molar-refractivity contribution in [2.45, 2.75) is 94.5 Å². The fourth-order valence-corrected chi connectivity index (χ4v) is 8.30. The zero-order valence-electron chi connectivity index (χ0n) is 23.4. The van der Waals surface area contributed by atoms with Gasteiger partial charge in [0.05, 0.1) is 19.8 Å². The van der Waals surface area contributed by atoms with Crippen LogP contribution in [0.2, 0.25) is 0 Å². The Kier molecular flexibility index (Phi) is 7.45. The lowest BCUT2D eigenvalue weighted by atomic mass is 9.51.